The lowest BCUT2D eigenvalue weighted by Gasteiger charge is -2.33. The molecule has 8 nitrogen and oxygen atoms in total. The van der Waals surface area contributed by atoms with Crippen LogP contribution in [-0.2, 0) is 4.74 Å². The monoisotopic (exact) mass is 462 g/mol. The maximum absolute atomic E-state index is 14.5. The van der Waals surface area contributed by atoms with E-state index in [9.17, 15) is 4.39 Å². The van der Waals surface area contributed by atoms with Crippen LogP contribution in [0.15, 0.2) is 42.6 Å². The molecule has 9 heteroatoms. The average molecular weight is 463 g/mol. The number of pyridine rings is 2. The molecule has 6 rings (SSSR count). The predicted octanol–water partition coefficient (Wildman–Crippen LogP) is 3.56. The number of ether oxygens (including phenoxy) is 2. The lowest BCUT2D eigenvalue weighted by atomic mass is 10.0. The van der Waals surface area contributed by atoms with Gasteiger partial charge >= 0.3 is 0 Å². The Hall–Kier alpha value is -3.14. The number of methoxy groups -OCH3 is 1. The molecule has 3 aromatic heterocycles. The van der Waals surface area contributed by atoms with E-state index >= 15 is 0 Å². The van der Waals surface area contributed by atoms with Crippen molar-refractivity contribution in [2.75, 3.05) is 26.8 Å². The number of fused-ring (bicyclic) bond motifs is 5. The van der Waals surface area contributed by atoms with Crippen molar-refractivity contribution >= 4 is 16.6 Å². The molecule has 5 heterocycles. The highest BCUT2D eigenvalue weighted by molar-refractivity contribution is 5.86. The zero-order valence-electron chi connectivity index (χ0n) is 19.5. The smallest absolute Gasteiger partial charge is 0.187 e. The number of rotatable bonds is 2. The Morgan fingerprint density at radius 3 is 2.97 bits per heavy atom. The Morgan fingerprint density at radius 2 is 2.12 bits per heavy atom. The fourth-order valence-electron chi connectivity index (χ4n) is 5.17. The van der Waals surface area contributed by atoms with Gasteiger partial charge < -0.3 is 9.47 Å². The second-order valence-electron chi connectivity index (χ2n) is 9.55. The normalized spacial score (nSPS) is 26.6. The molecule has 1 unspecified atom stereocenters. The van der Waals surface area contributed by atoms with Crippen LogP contribution in [0.5, 0.6) is 5.75 Å². The van der Waals surface area contributed by atoms with E-state index in [0.29, 0.717) is 34.8 Å². The summed E-state index contributed by atoms with van der Waals surface area (Å²) in [5.74, 6) is 0.618. The quantitative estimate of drug-likeness (QED) is 0.488. The Balaban J connectivity index is 1.58. The summed E-state index contributed by atoms with van der Waals surface area (Å²) in [4.78, 5) is 7.30. The Kier molecular flexibility index (Phi) is 5.02. The molecule has 0 saturated carbocycles. The fraction of sp³-hybridized carbons (Fsp3) is 0.400. The van der Waals surface area contributed by atoms with Crippen molar-refractivity contribution in [3.8, 4) is 17.3 Å². The molecule has 1 fully saturated rings. The molecule has 2 aliphatic heterocycles. The molecule has 1 saturated heterocycles. The molecule has 6 bridgehead atoms. The van der Waals surface area contributed by atoms with Gasteiger partial charge in [0.05, 0.1) is 6.61 Å². The minimum absolute atomic E-state index is 0.189. The van der Waals surface area contributed by atoms with Gasteiger partial charge in [-0.05, 0) is 44.0 Å². The lowest BCUT2D eigenvalue weighted by molar-refractivity contribution is 0.0386. The van der Waals surface area contributed by atoms with Crippen LogP contribution in [-0.4, -0.2) is 63.1 Å². The van der Waals surface area contributed by atoms with E-state index in [4.69, 9.17) is 14.5 Å². The van der Waals surface area contributed by atoms with Crippen LogP contribution in [0.2, 0.25) is 0 Å². The molecule has 0 aliphatic carbocycles. The van der Waals surface area contributed by atoms with Crippen LogP contribution in [0.25, 0.3) is 28.1 Å². The third kappa shape index (κ3) is 3.60. The van der Waals surface area contributed by atoms with Crippen molar-refractivity contribution in [1.82, 2.24) is 29.8 Å². The second kappa shape index (κ2) is 7.97. The first-order chi connectivity index (χ1) is 16.4. The molecule has 176 valence electrons. The number of aromatic nitrogens is 4. The molecule has 34 heavy (non-hydrogen) atoms. The van der Waals surface area contributed by atoms with Crippen LogP contribution in [0.4, 0.5) is 4.39 Å². The van der Waals surface area contributed by atoms with Crippen molar-refractivity contribution < 1.29 is 13.9 Å². The molecule has 0 radical (unpaired) electrons. The van der Waals surface area contributed by atoms with Gasteiger partial charge in [0.1, 0.15) is 17.0 Å². The number of nitrogens with one attached hydrogen (secondary N) is 1. The van der Waals surface area contributed by atoms with E-state index < -0.39 is 6.23 Å². The van der Waals surface area contributed by atoms with Gasteiger partial charge in [-0.3, -0.25) is 14.6 Å². The van der Waals surface area contributed by atoms with E-state index in [2.05, 4.69) is 46.5 Å². The summed E-state index contributed by atoms with van der Waals surface area (Å²) in [5, 5.41) is 13.0. The number of hydrogen-bond donors (Lipinski definition) is 1. The average Bonchev–Trinajstić information content (AvgIpc) is 3.41. The lowest BCUT2D eigenvalue weighted by Crippen LogP contribution is -2.53. The molecule has 4 atom stereocenters. The van der Waals surface area contributed by atoms with E-state index in [1.165, 1.54) is 17.7 Å². The maximum Gasteiger partial charge on any atom is 0.187 e. The van der Waals surface area contributed by atoms with E-state index in [-0.39, 0.29) is 17.4 Å². The van der Waals surface area contributed by atoms with E-state index in [1.54, 1.807) is 7.11 Å². The predicted molar refractivity (Wildman–Crippen MR) is 126 cm³/mol. The standard InChI is InChI=1S/C25H27FN6O2/c1-15-17-5-7-21-29-30-24(32(21)12-17)19-6-4-16-10-18(26)11-20(23(16)27-19)34-22(13-33-3)28-25(2)8-9-31(15)14-25/h4-7,10-12,15,22,28H,8-9,13-14H2,1-3H3/t15-,22+,25+/m1/s1. The van der Waals surface area contributed by atoms with Crippen molar-refractivity contribution in [2.24, 2.45) is 0 Å². The highest BCUT2D eigenvalue weighted by Crippen LogP contribution is 2.33. The van der Waals surface area contributed by atoms with Gasteiger partial charge in [0, 0.05) is 49.4 Å². The van der Waals surface area contributed by atoms with Gasteiger partial charge in [-0.1, -0.05) is 12.1 Å². The van der Waals surface area contributed by atoms with Gasteiger partial charge in [0.25, 0.3) is 0 Å². The summed E-state index contributed by atoms with van der Waals surface area (Å²) in [7, 11) is 1.63. The topological polar surface area (TPSA) is 76.8 Å². The van der Waals surface area contributed by atoms with Gasteiger partial charge in [-0.25, -0.2) is 9.37 Å². The summed E-state index contributed by atoms with van der Waals surface area (Å²) >= 11 is 0. The summed E-state index contributed by atoms with van der Waals surface area (Å²) in [6.45, 7) is 6.53. The number of benzene rings is 1. The molecular weight excluding hydrogens is 435 g/mol. The van der Waals surface area contributed by atoms with Crippen molar-refractivity contribution in [1.29, 1.82) is 0 Å². The van der Waals surface area contributed by atoms with E-state index in [0.717, 1.165) is 25.2 Å². The van der Waals surface area contributed by atoms with Crippen LogP contribution >= 0.6 is 0 Å². The zero-order chi connectivity index (χ0) is 23.4. The first-order valence-corrected chi connectivity index (χ1v) is 11.6. The Bertz CT molecular complexity index is 1390. The summed E-state index contributed by atoms with van der Waals surface area (Å²) in [6, 6.07) is 10.8. The van der Waals surface area contributed by atoms with Crippen LogP contribution in [0, 0.1) is 5.82 Å². The largest absolute Gasteiger partial charge is 0.470 e. The molecular formula is C25H27FN6O2. The third-order valence-electron chi connectivity index (χ3n) is 7.01. The van der Waals surface area contributed by atoms with Gasteiger partial charge in [-0.15, -0.1) is 10.2 Å². The summed E-state index contributed by atoms with van der Waals surface area (Å²) in [5.41, 5.74) is 2.95. The fourth-order valence-corrected chi connectivity index (χ4v) is 5.17. The zero-order valence-corrected chi connectivity index (χ0v) is 19.5. The van der Waals surface area contributed by atoms with Crippen LogP contribution in [0.3, 0.4) is 0 Å². The second-order valence-corrected chi connectivity index (χ2v) is 9.55. The summed E-state index contributed by atoms with van der Waals surface area (Å²) < 4.78 is 28.2. The third-order valence-corrected chi connectivity index (χ3v) is 7.01. The minimum atomic E-state index is -0.466. The first-order valence-electron chi connectivity index (χ1n) is 11.6. The molecule has 0 spiro atoms. The molecule has 4 aromatic rings. The van der Waals surface area contributed by atoms with E-state index in [1.807, 2.05) is 22.6 Å². The van der Waals surface area contributed by atoms with Crippen LogP contribution in [0.1, 0.15) is 31.9 Å². The SMILES string of the molecule is COC[C@H]1N[C@@]2(C)CCN(C2)[C@H](C)c2ccc3nnc(n3c2)-c2ccc3cc(F)cc(c3n2)O1. The van der Waals surface area contributed by atoms with Gasteiger partial charge in [0.2, 0.25) is 0 Å². The first kappa shape index (κ1) is 21.4. The molecule has 1 aromatic carbocycles. The highest BCUT2D eigenvalue weighted by Gasteiger charge is 2.38. The summed E-state index contributed by atoms with van der Waals surface area (Å²) in [6.07, 6.45) is 2.58. The number of halogens is 1. The van der Waals surface area contributed by atoms with Crippen LogP contribution < -0.4 is 10.1 Å². The highest BCUT2D eigenvalue weighted by atomic mass is 19.1. The molecule has 2 aliphatic rings. The molecule has 1 N–H and O–H groups in total. The van der Waals surface area contributed by atoms with Gasteiger partial charge in [0.15, 0.2) is 23.4 Å². The minimum Gasteiger partial charge on any atom is -0.470 e. The van der Waals surface area contributed by atoms with Crippen molar-refractivity contribution in [3.05, 3.63) is 54.0 Å². The van der Waals surface area contributed by atoms with Crippen molar-refractivity contribution in [2.45, 2.75) is 38.1 Å². The Morgan fingerprint density at radius 1 is 1.24 bits per heavy atom. The maximum atomic E-state index is 14.5. The van der Waals surface area contributed by atoms with Gasteiger partial charge in [-0.2, -0.15) is 0 Å². The van der Waals surface area contributed by atoms with Crippen molar-refractivity contribution in [3.63, 3.8) is 0 Å². The number of hydrogen-bond acceptors (Lipinski definition) is 7. The number of nitrogens with zero attached hydrogens (tertiary/aromatic N) is 5. The molecule has 0 amide bonds. The Labute approximate surface area is 196 Å².